The molecule has 2 unspecified atom stereocenters. The van der Waals surface area contributed by atoms with Crippen molar-refractivity contribution < 1.29 is 9.26 Å². The molecule has 2 atom stereocenters. The molecule has 18 heavy (non-hydrogen) atoms. The first-order valence-corrected chi connectivity index (χ1v) is 6.52. The van der Waals surface area contributed by atoms with Crippen molar-refractivity contribution in [1.82, 2.24) is 10.1 Å². The molecule has 5 heteroatoms. The Balaban J connectivity index is 2.81. The molecule has 1 rings (SSSR count). The van der Waals surface area contributed by atoms with Crippen molar-refractivity contribution in [2.45, 2.75) is 47.1 Å². The zero-order valence-electron chi connectivity index (χ0n) is 12.1. The predicted octanol–water partition coefficient (Wildman–Crippen LogP) is 2.33. The Hall–Kier alpha value is -0.940. The zero-order valence-corrected chi connectivity index (χ0v) is 12.1. The lowest BCUT2D eigenvalue weighted by atomic mass is 9.88. The zero-order chi connectivity index (χ0) is 13.8. The third-order valence-corrected chi connectivity index (χ3v) is 2.76. The van der Waals surface area contributed by atoms with E-state index in [2.05, 4.69) is 37.8 Å². The molecule has 0 fully saturated rings. The molecular formula is C13H25N3O2. The van der Waals surface area contributed by atoms with Crippen molar-refractivity contribution in [1.29, 1.82) is 0 Å². The third-order valence-electron chi connectivity index (χ3n) is 2.76. The van der Waals surface area contributed by atoms with Gasteiger partial charge in [-0.1, -0.05) is 32.9 Å². The fourth-order valence-corrected chi connectivity index (χ4v) is 1.72. The lowest BCUT2D eigenvalue weighted by molar-refractivity contribution is -0.0203. The standard InChI is InChI=1S/C13H25N3O2/c1-6-17-11(13(3,4)5)12-15-10(18-16-12)7-9(2)8-14/h9,11H,6-8,14H2,1-5H3. The van der Waals surface area contributed by atoms with Gasteiger partial charge in [-0.2, -0.15) is 4.98 Å². The normalized spacial score (nSPS) is 15.7. The fraction of sp³-hybridized carbons (Fsp3) is 0.846. The minimum absolute atomic E-state index is 0.0589. The van der Waals surface area contributed by atoms with Crippen LogP contribution in [0.2, 0.25) is 0 Å². The van der Waals surface area contributed by atoms with Crippen molar-refractivity contribution in [2.24, 2.45) is 17.1 Å². The summed E-state index contributed by atoms with van der Waals surface area (Å²) in [5, 5.41) is 4.04. The summed E-state index contributed by atoms with van der Waals surface area (Å²) in [5.41, 5.74) is 5.53. The van der Waals surface area contributed by atoms with Gasteiger partial charge in [0.2, 0.25) is 11.7 Å². The van der Waals surface area contributed by atoms with Crippen LogP contribution in [0.4, 0.5) is 0 Å². The van der Waals surface area contributed by atoms with Crippen LogP contribution in [-0.4, -0.2) is 23.3 Å². The smallest absolute Gasteiger partial charge is 0.227 e. The highest BCUT2D eigenvalue weighted by Crippen LogP contribution is 2.34. The van der Waals surface area contributed by atoms with E-state index < -0.39 is 0 Å². The van der Waals surface area contributed by atoms with Gasteiger partial charge in [-0.15, -0.1) is 0 Å². The van der Waals surface area contributed by atoms with Gasteiger partial charge in [0.1, 0.15) is 6.10 Å². The monoisotopic (exact) mass is 255 g/mol. The summed E-state index contributed by atoms with van der Waals surface area (Å²) >= 11 is 0. The van der Waals surface area contributed by atoms with Gasteiger partial charge in [0.15, 0.2) is 0 Å². The molecule has 0 aliphatic carbocycles. The summed E-state index contributed by atoms with van der Waals surface area (Å²) in [6, 6.07) is 0. The molecule has 0 aliphatic heterocycles. The molecule has 0 amide bonds. The minimum Gasteiger partial charge on any atom is -0.370 e. The van der Waals surface area contributed by atoms with Crippen molar-refractivity contribution in [3.8, 4) is 0 Å². The van der Waals surface area contributed by atoms with E-state index in [-0.39, 0.29) is 11.5 Å². The number of nitrogens with zero attached hydrogens (tertiary/aromatic N) is 2. The molecular weight excluding hydrogens is 230 g/mol. The Kier molecular flexibility index (Phi) is 5.28. The Morgan fingerprint density at radius 2 is 2.06 bits per heavy atom. The molecule has 1 aromatic rings. The number of nitrogens with two attached hydrogens (primary N) is 1. The Morgan fingerprint density at radius 3 is 2.56 bits per heavy atom. The number of rotatable bonds is 6. The van der Waals surface area contributed by atoms with Gasteiger partial charge in [-0.05, 0) is 24.8 Å². The highest BCUT2D eigenvalue weighted by Gasteiger charge is 2.31. The Morgan fingerprint density at radius 1 is 1.39 bits per heavy atom. The lowest BCUT2D eigenvalue weighted by Gasteiger charge is -2.27. The molecule has 0 saturated heterocycles. The molecule has 5 nitrogen and oxygen atoms in total. The topological polar surface area (TPSA) is 74.2 Å². The highest BCUT2D eigenvalue weighted by molar-refractivity contribution is 4.97. The maximum atomic E-state index is 5.73. The van der Waals surface area contributed by atoms with Crippen molar-refractivity contribution in [2.75, 3.05) is 13.2 Å². The van der Waals surface area contributed by atoms with E-state index >= 15 is 0 Å². The van der Waals surface area contributed by atoms with Crippen LogP contribution in [0.1, 0.15) is 52.4 Å². The van der Waals surface area contributed by atoms with Gasteiger partial charge in [-0.3, -0.25) is 0 Å². The number of aromatic nitrogens is 2. The molecule has 0 radical (unpaired) electrons. The van der Waals surface area contributed by atoms with E-state index in [9.17, 15) is 0 Å². The van der Waals surface area contributed by atoms with Crippen molar-refractivity contribution in [3.05, 3.63) is 11.7 Å². The summed E-state index contributed by atoms with van der Waals surface area (Å²) < 4.78 is 11.0. The second-order valence-electron chi connectivity index (χ2n) is 5.79. The average Bonchev–Trinajstić information content (AvgIpc) is 2.72. The summed E-state index contributed by atoms with van der Waals surface area (Å²) in [5.74, 6) is 1.61. The third kappa shape index (κ3) is 4.07. The van der Waals surface area contributed by atoms with E-state index in [0.717, 1.165) is 0 Å². The molecule has 0 saturated carbocycles. The van der Waals surface area contributed by atoms with Crippen LogP contribution in [0.15, 0.2) is 4.52 Å². The second kappa shape index (κ2) is 6.29. The molecule has 1 aromatic heterocycles. The number of ether oxygens (including phenoxy) is 1. The van der Waals surface area contributed by atoms with Gasteiger partial charge in [0.25, 0.3) is 0 Å². The van der Waals surface area contributed by atoms with Gasteiger partial charge in [0, 0.05) is 13.0 Å². The molecule has 0 spiro atoms. The van der Waals surface area contributed by atoms with Gasteiger partial charge in [-0.25, -0.2) is 0 Å². The van der Waals surface area contributed by atoms with E-state index in [4.69, 9.17) is 15.0 Å². The maximum absolute atomic E-state index is 5.73. The van der Waals surface area contributed by atoms with E-state index in [0.29, 0.717) is 37.2 Å². The number of hydrogen-bond acceptors (Lipinski definition) is 5. The van der Waals surface area contributed by atoms with E-state index in [1.165, 1.54) is 0 Å². The highest BCUT2D eigenvalue weighted by atomic mass is 16.5. The first kappa shape index (κ1) is 15.1. The first-order valence-electron chi connectivity index (χ1n) is 6.52. The van der Waals surface area contributed by atoms with Gasteiger partial charge < -0.3 is 15.0 Å². The van der Waals surface area contributed by atoms with Crippen LogP contribution in [0, 0.1) is 11.3 Å². The quantitative estimate of drug-likeness (QED) is 0.844. The SMILES string of the molecule is CCOC(c1noc(CC(C)CN)n1)C(C)(C)C. The largest absolute Gasteiger partial charge is 0.370 e. The first-order chi connectivity index (χ1) is 8.38. The van der Waals surface area contributed by atoms with Crippen LogP contribution < -0.4 is 5.73 Å². The molecule has 0 bridgehead atoms. The van der Waals surface area contributed by atoms with Crippen LogP contribution in [0.25, 0.3) is 0 Å². The summed E-state index contributed by atoms with van der Waals surface area (Å²) in [6.07, 6.45) is 0.570. The molecule has 0 aromatic carbocycles. The predicted molar refractivity (Wildman–Crippen MR) is 70.0 cm³/mol. The molecule has 0 aliphatic rings. The molecule has 1 heterocycles. The van der Waals surface area contributed by atoms with Gasteiger partial charge in [0.05, 0.1) is 0 Å². The summed E-state index contributed by atoms with van der Waals surface area (Å²) in [6.45, 7) is 11.6. The van der Waals surface area contributed by atoms with Crippen LogP contribution >= 0.6 is 0 Å². The average molecular weight is 255 g/mol. The van der Waals surface area contributed by atoms with Crippen LogP contribution in [-0.2, 0) is 11.2 Å². The summed E-state index contributed by atoms with van der Waals surface area (Å²) in [4.78, 5) is 4.43. The number of hydrogen-bond donors (Lipinski definition) is 1. The Labute approximate surface area is 109 Å². The molecule has 2 N–H and O–H groups in total. The second-order valence-corrected chi connectivity index (χ2v) is 5.79. The van der Waals surface area contributed by atoms with Crippen molar-refractivity contribution in [3.63, 3.8) is 0 Å². The fourth-order valence-electron chi connectivity index (χ4n) is 1.72. The van der Waals surface area contributed by atoms with E-state index in [1.54, 1.807) is 0 Å². The maximum Gasteiger partial charge on any atom is 0.227 e. The van der Waals surface area contributed by atoms with Gasteiger partial charge >= 0.3 is 0 Å². The van der Waals surface area contributed by atoms with Crippen LogP contribution in [0.5, 0.6) is 0 Å². The Bertz CT molecular complexity index is 357. The lowest BCUT2D eigenvalue weighted by Crippen LogP contribution is -2.22. The minimum atomic E-state index is -0.145. The molecule has 104 valence electrons. The summed E-state index contributed by atoms with van der Waals surface area (Å²) in [7, 11) is 0. The van der Waals surface area contributed by atoms with Crippen molar-refractivity contribution >= 4 is 0 Å². The van der Waals surface area contributed by atoms with E-state index in [1.807, 2.05) is 6.92 Å². The van der Waals surface area contributed by atoms with Crippen LogP contribution in [0.3, 0.4) is 0 Å².